The summed E-state index contributed by atoms with van der Waals surface area (Å²) in [6.45, 7) is 2.64. The van der Waals surface area contributed by atoms with Crippen LogP contribution in [0.3, 0.4) is 0 Å². The minimum absolute atomic E-state index is 0.00453. The molecule has 3 aromatic rings. The van der Waals surface area contributed by atoms with E-state index in [0.29, 0.717) is 36.2 Å². The number of hydrogen-bond donors (Lipinski definition) is 1. The van der Waals surface area contributed by atoms with E-state index in [1.165, 1.54) is 6.07 Å². The normalized spacial score (nSPS) is 16.6. The average molecular weight is 391 g/mol. The number of piperidine rings is 1. The number of fused-ring (bicyclic) bond motifs is 1. The fourth-order valence-electron chi connectivity index (χ4n) is 3.58. The van der Waals surface area contributed by atoms with Crippen LogP contribution >= 0.6 is 0 Å². The molecule has 0 saturated carbocycles. The number of para-hydroxylation sites is 1. The van der Waals surface area contributed by atoms with Gasteiger partial charge in [-0.25, -0.2) is 4.98 Å². The summed E-state index contributed by atoms with van der Waals surface area (Å²) in [5.74, 6) is -0.393. The fourth-order valence-corrected chi connectivity index (χ4v) is 3.58. The summed E-state index contributed by atoms with van der Waals surface area (Å²) in [6.07, 6.45) is 1.38. The molecule has 7 nitrogen and oxygen atoms in total. The van der Waals surface area contributed by atoms with Gasteiger partial charge in [0, 0.05) is 24.8 Å². The van der Waals surface area contributed by atoms with Crippen molar-refractivity contribution in [2.45, 2.75) is 19.8 Å². The Morgan fingerprint density at radius 2 is 2.00 bits per heavy atom. The number of likely N-dealkylation sites (tertiary alicyclic amines) is 1. The van der Waals surface area contributed by atoms with E-state index in [2.05, 4.69) is 10.3 Å². The Morgan fingerprint density at radius 1 is 1.17 bits per heavy atom. The molecule has 0 bridgehead atoms. The highest BCUT2D eigenvalue weighted by Gasteiger charge is 2.30. The molecule has 4 rings (SSSR count). The van der Waals surface area contributed by atoms with Gasteiger partial charge in [-0.2, -0.15) is 0 Å². The smallest absolute Gasteiger partial charge is 0.289 e. The monoisotopic (exact) mass is 391 g/mol. The molecule has 1 aromatic carbocycles. The number of nitrogens with one attached hydrogen (secondary N) is 1. The SMILES string of the molecule is Cc1cccc(NC(=O)C2CCCN(C(=O)c3cc(=O)c4ccccc4o3)C2)n1. The van der Waals surface area contributed by atoms with E-state index in [0.717, 1.165) is 5.69 Å². The van der Waals surface area contributed by atoms with Crippen molar-refractivity contribution in [2.24, 2.45) is 5.92 Å². The topological polar surface area (TPSA) is 92.5 Å². The molecule has 1 unspecified atom stereocenters. The van der Waals surface area contributed by atoms with Crippen LogP contribution in [0.2, 0.25) is 0 Å². The second-order valence-corrected chi connectivity index (χ2v) is 7.21. The third-order valence-corrected chi connectivity index (χ3v) is 5.06. The molecule has 1 saturated heterocycles. The predicted octanol–water partition coefficient (Wildman–Crippen LogP) is 2.99. The van der Waals surface area contributed by atoms with Crippen LogP contribution in [0.25, 0.3) is 11.0 Å². The van der Waals surface area contributed by atoms with Gasteiger partial charge in [0.2, 0.25) is 5.91 Å². The summed E-state index contributed by atoms with van der Waals surface area (Å²) >= 11 is 0. The first kappa shape index (κ1) is 18.9. The predicted molar refractivity (Wildman–Crippen MR) is 109 cm³/mol. The Kier molecular flexibility index (Phi) is 5.12. The molecule has 7 heteroatoms. The maximum Gasteiger partial charge on any atom is 0.289 e. The fraction of sp³-hybridized carbons (Fsp3) is 0.273. The van der Waals surface area contributed by atoms with Crippen LogP contribution in [-0.2, 0) is 4.79 Å². The van der Waals surface area contributed by atoms with Crippen molar-refractivity contribution in [3.05, 3.63) is 70.2 Å². The third-order valence-electron chi connectivity index (χ3n) is 5.06. The van der Waals surface area contributed by atoms with Gasteiger partial charge in [-0.15, -0.1) is 0 Å². The highest BCUT2D eigenvalue weighted by Crippen LogP contribution is 2.21. The van der Waals surface area contributed by atoms with Crippen LogP contribution in [0.15, 0.2) is 57.7 Å². The molecule has 0 radical (unpaired) electrons. The van der Waals surface area contributed by atoms with E-state index >= 15 is 0 Å². The zero-order chi connectivity index (χ0) is 20.4. The second-order valence-electron chi connectivity index (χ2n) is 7.21. The quantitative estimate of drug-likeness (QED) is 0.741. The summed E-state index contributed by atoms with van der Waals surface area (Å²) in [7, 11) is 0. The minimum atomic E-state index is -0.376. The molecule has 148 valence electrons. The molecule has 29 heavy (non-hydrogen) atoms. The summed E-state index contributed by atoms with van der Waals surface area (Å²) in [5.41, 5.74) is 0.932. The van der Waals surface area contributed by atoms with E-state index in [9.17, 15) is 14.4 Å². The third kappa shape index (κ3) is 4.03. The molecule has 1 atom stereocenters. The zero-order valence-corrected chi connectivity index (χ0v) is 16.1. The standard InChI is InChI=1S/C22H21N3O4/c1-14-6-4-10-20(23-14)24-21(27)15-7-5-11-25(13-15)22(28)19-12-17(26)16-8-2-3-9-18(16)29-19/h2-4,6,8-10,12,15H,5,7,11,13H2,1H3,(H,23,24,27). The molecule has 1 fully saturated rings. The Bertz CT molecular complexity index is 1140. The molecule has 3 heterocycles. The number of nitrogens with zero attached hydrogens (tertiary/aromatic N) is 2. The van der Waals surface area contributed by atoms with Crippen LogP contribution in [0, 0.1) is 12.8 Å². The van der Waals surface area contributed by atoms with Gasteiger partial charge in [0.1, 0.15) is 11.4 Å². The van der Waals surface area contributed by atoms with Crippen molar-refractivity contribution in [3.63, 3.8) is 0 Å². The lowest BCUT2D eigenvalue weighted by Crippen LogP contribution is -2.44. The van der Waals surface area contributed by atoms with Crippen molar-refractivity contribution in [1.82, 2.24) is 9.88 Å². The van der Waals surface area contributed by atoms with Gasteiger partial charge < -0.3 is 14.6 Å². The number of hydrogen-bond acceptors (Lipinski definition) is 5. The molecular formula is C22H21N3O4. The Labute approximate surface area is 167 Å². The van der Waals surface area contributed by atoms with E-state index in [-0.39, 0.29) is 35.5 Å². The van der Waals surface area contributed by atoms with Gasteiger partial charge in [0.15, 0.2) is 11.2 Å². The molecular weight excluding hydrogens is 370 g/mol. The lowest BCUT2D eigenvalue weighted by Gasteiger charge is -2.31. The number of carbonyl (C=O) groups is 2. The molecule has 2 aromatic heterocycles. The molecule has 1 N–H and O–H groups in total. The van der Waals surface area contributed by atoms with E-state index in [1.54, 1.807) is 35.2 Å². The molecule has 0 spiro atoms. The summed E-state index contributed by atoms with van der Waals surface area (Å²) < 4.78 is 5.66. The first-order valence-electron chi connectivity index (χ1n) is 9.58. The number of rotatable bonds is 3. The van der Waals surface area contributed by atoms with E-state index in [1.807, 2.05) is 19.1 Å². The first-order chi connectivity index (χ1) is 14.0. The molecule has 1 aliphatic rings. The van der Waals surface area contributed by atoms with Crippen molar-refractivity contribution in [1.29, 1.82) is 0 Å². The van der Waals surface area contributed by atoms with Crippen LogP contribution < -0.4 is 10.7 Å². The Balaban J connectivity index is 1.50. The molecule has 1 aliphatic heterocycles. The van der Waals surface area contributed by atoms with E-state index in [4.69, 9.17) is 4.42 Å². The minimum Gasteiger partial charge on any atom is -0.451 e. The van der Waals surface area contributed by atoms with Crippen LogP contribution in [0.1, 0.15) is 29.1 Å². The first-order valence-corrected chi connectivity index (χ1v) is 9.58. The highest BCUT2D eigenvalue weighted by atomic mass is 16.3. The summed E-state index contributed by atoms with van der Waals surface area (Å²) in [4.78, 5) is 43.7. The number of pyridine rings is 1. The Morgan fingerprint density at radius 3 is 2.83 bits per heavy atom. The number of aromatic nitrogens is 1. The van der Waals surface area contributed by atoms with Gasteiger partial charge in [-0.3, -0.25) is 14.4 Å². The van der Waals surface area contributed by atoms with Gasteiger partial charge in [0.25, 0.3) is 5.91 Å². The number of anilines is 1. The number of amides is 2. The average Bonchev–Trinajstić information content (AvgIpc) is 2.73. The lowest BCUT2D eigenvalue weighted by molar-refractivity contribution is -0.121. The summed E-state index contributed by atoms with van der Waals surface area (Å²) in [5, 5.41) is 3.26. The molecule has 0 aliphatic carbocycles. The van der Waals surface area contributed by atoms with Crippen LogP contribution in [0.5, 0.6) is 0 Å². The Hall–Kier alpha value is -3.48. The maximum atomic E-state index is 12.9. The number of carbonyl (C=O) groups excluding carboxylic acids is 2. The maximum absolute atomic E-state index is 12.9. The van der Waals surface area contributed by atoms with Crippen LogP contribution in [-0.4, -0.2) is 34.8 Å². The summed E-state index contributed by atoms with van der Waals surface area (Å²) in [6, 6.07) is 13.5. The van der Waals surface area contributed by atoms with Crippen LogP contribution in [0.4, 0.5) is 5.82 Å². The largest absolute Gasteiger partial charge is 0.451 e. The highest BCUT2D eigenvalue weighted by molar-refractivity contribution is 5.95. The van der Waals surface area contributed by atoms with Gasteiger partial charge in [-0.05, 0) is 44.0 Å². The van der Waals surface area contributed by atoms with Gasteiger partial charge in [-0.1, -0.05) is 18.2 Å². The van der Waals surface area contributed by atoms with Crippen molar-refractivity contribution in [3.8, 4) is 0 Å². The number of benzene rings is 1. The van der Waals surface area contributed by atoms with E-state index < -0.39 is 0 Å². The van der Waals surface area contributed by atoms with Crippen molar-refractivity contribution >= 4 is 28.6 Å². The van der Waals surface area contributed by atoms with Gasteiger partial charge >= 0.3 is 0 Å². The van der Waals surface area contributed by atoms with Crippen molar-refractivity contribution in [2.75, 3.05) is 18.4 Å². The zero-order valence-electron chi connectivity index (χ0n) is 16.1. The van der Waals surface area contributed by atoms with Crippen molar-refractivity contribution < 1.29 is 14.0 Å². The second kappa shape index (κ2) is 7.87. The lowest BCUT2D eigenvalue weighted by atomic mass is 9.97. The number of aryl methyl sites for hydroxylation is 1. The molecule has 2 amide bonds. The van der Waals surface area contributed by atoms with Gasteiger partial charge in [0.05, 0.1) is 11.3 Å².